The lowest BCUT2D eigenvalue weighted by atomic mass is 9.85. The molecule has 3 heterocycles. The molecule has 28 heavy (non-hydrogen) atoms. The number of rotatable bonds is 5. The standard InChI is InChI=1S/C19H23FN4O4/c1-12-13(17(27-2)23-18(22-12)28-3)11-15(25)24-9-6-19(26,7-10-24)14-5-4-8-21-16(14)20/h4-5,8,26H,6-7,9-11H2,1-3H3. The van der Waals surface area contributed by atoms with Crippen LogP contribution >= 0.6 is 0 Å². The van der Waals surface area contributed by atoms with E-state index >= 15 is 0 Å². The van der Waals surface area contributed by atoms with Gasteiger partial charge >= 0.3 is 6.01 Å². The molecule has 0 spiro atoms. The fourth-order valence-electron chi connectivity index (χ4n) is 3.40. The van der Waals surface area contributed by atoms with Gasteiger partial charge in [-0.3, -0.25) is 4.79 Å². The molecule has 9 heteroatoms. The topological polar surface area (TPSA) is 97.7 Å². The van der Waals surface area contributed by atoms with Crippen molar-refractivity contribution < 1.29 is 23.8 Å². The smallest absolute Gasteiger partial charge is 0.319 e. The van der Waals surface area contributed by atoms with E-state index in [4.69, 9.17) is 9.47 Å². The number of piperidine rings is 1. The first-order valence-corrected chi connectivity index (χ1v) is 8.94. The Morgan fingerprint density at radius 3 is 2.61 bits per heavy atom. The van der Waals surface area contributed by atoms with Crippen molar-refractivity contribution >= 4 is 5.91 Å². The summed E-state index contributed by atoms with van der Waals surface area (Å²) < 4.78 is 24.3. The van der Waals surface area contributed by atoms with E-state index in [0.29, 0.717) is 30.2 Å². The minimum absolute atomic E-state index is 0.0681. The molecule has 8 nitrogen and oxygen atoms in total. The maximum atomic E-state index is 14.0. The molecule has 0 atom stereocenters. The Hall–Kier alpha value is -2.81. The number of aryl methyl sites for hydroxylation is 1. The number of carbonyl (C=O) groups is 1. The summed E-state index contributed by atoms with van der Waals surface area (Å²) in [4.78, 5) is 26.3. The van der Waals surface area contributed by atoms with Crippen LogP contribution in [0.25, 0.3) is 0 Å². The van der Waals surface area contributed by atoms with Crippen LogP contribution in [0.4, 0.5) is 4.39 Å². The molecule has 0 bridgehead atoms. The van der Waals surface area contributed by atoms with Crippen LogP contribution in [-0.4, -0.2) is 58.2 Å². The number of likely N-dealkylation sites (tertiary alicyclic amines) is 1. The summed E-state index contributed by atoms with van der Waals surface area (Å²) in [6, 6.07) is 3.29. The number of carbonyl (C=O) groups excluding carboxylic acids is 1. The van der Waals surface area contributed by atoms with Crippen LogP contribution in [0.5, 0.6) is 11.9 Å². The molecule has 150 valence electrons. The monoisotopic (exact) mass is 390 g/mol. The van der Waals surface area contributed by atoms with Crippen LogP contribution in [-0.2, 0) is 16.8 Å². The largest absolute Gasteiger partial charge is 0.481 e. The van der Waals surface area contributed by atoms with Crippen molar-refractivity contribution in [1.29, 1.82) is 0 Å². The molecule has 1 aliphatic rings. The van der Waals surface area contributed by atoms with Crippen molar-refractivity contribution in [3.8, 4) is 11.9 Å². The molecule has 1 saturated heterocycles. The van der Waals surface area contributed by atoms with Crippen molar-refractivity contribution in [3.05, 3.63) is 41.1 Å². The quantitative estimate of drug-likeness (QED) is 0.771. The fourth-order valence-corrected chi connectivity index (χ4v) is 3.40. The fraction of sp³-hybridized carbons (Fsp3) is 0.474. The van der Waals surface area contributed by atoms with Gasteiger partial charge in [0.05, 0.1) is 31.9 Å². The van der Waals surface area contributed by atoms with Gasteiger partial charge in [0.1, 0.15) is 0 Å². The highest BCUT2D eigenvalue weighted by Gasteiger charge is 2.37. The molecule has 0 aliphatic carbocycles. The van der Waals surface area contributed by atoms with Gasteiger partial charge in [0.15, 0.2) is 0 Å². The molecule has 2 aromatic heterocycles. The highest BCUT2D eigenvalue weighted by molar-refractivity contribution is 5.79. The van der Waals surface area contributed by atoms with E-state index in [0.717, 1.165) is 0 Å². The number of pyridine rings is 1. The SMILES string of the molecule is COc1nc(C)c(CC(=O)N2CCC(O)(c3cccnc3F)CC2)c(OC)n1. The van der Waals surface area contributed by atoms with Crippen LogP contribution in [0.15, 0.2) is 18.3 Å². The zero-order valence-electron chi connectivity index (χ0n) is 16.1. The van der Waals surface area contributed by atoms with Gasteiger partial charge in [-0.05, 0) is 25.8 Å². The first kappa shape index (κ1) is 19.9. The minimum Gasteiger partial charge on any atom is -0.481 e. The van der Waals surface area contributed by atoms with Gasteiger partial charge in [-0.25, -0.2) is 9.97 Å². The van der Waals surface area contributed by atoms with Gasteiger partial charge in [0, 0.05) is 30.4 Å². The summed E-state index contributed by atoms with van der Waals surface area (Å²) in [5.41, 5.74) is 0.0324. The van der Waals surface area contributed by atoms with E-state index in [9.17, 15) is 14.3 Å². The van der Waals surface area contributed by atoms with Crippen LogP contribution in [0.3, 0.4) is 0 Å². The zero-order chi connectivity index (χ0) is 20.3. The molecule has 1 N–H and O–H groups in total. The van der Waals surface area contributed by atoms with E-state index < -0.39 is 11.5 Å². The molecule has 0 saturated carbocycles. The minimum atomic E-state index is -1.33. The molecular weight excluding hydrogens is 367 g/mol. The average Bonchev–Trinajstić information content (AvgIpc) is 2.69. The summed E-state index contributed by atoms with van der Waals surface area (Å²) in [5, 5.41) is 10.8. The lowest BCUT2D eigenvalue weighted by Gasteiger charge is -2.38. The predicted molar refractivity (Wildman–Crippen MR) is 97.5 cm³/mol. The molecule has 0 aromatic carbocycles. The Balaban J connectivity index is 1.70. The zero-order valence-corrected chi connectivity index (χ0v) is 16.1. The highest BCUT2D eigenvalue weighted by Crippen LogP contribution is 2.34. The Morgan fingerprint density at radius 2 is 2.00 bits per heavy atom. The normalized spacial score (nSPS) is 16.0. The average molecular weight is 390 g/mol. The second kappa shape index (κ2) is 8.05. The summed E-state index contributed by atoms with van der Waals surface area (Å²) >= 11 is 0. The molecule has 2 aromatic rings. The van der Waals surface area contributed by atoms with Gasteiger partial charge in [-0.2, -0.15) is 9.37 Å². The number of aromatic nitrogens is 3. The molecule has 0 radical (unpaired) electrons. The van der Waals surface area contributed by atoms with E-state index in [-0.39, 0.29) is 36.7 Å². The number of ether oxygens (including phenoxy) is 2. The third kappa shape index (κ3) is 3.89. The first-order valence-electron chi connectivity index (χ1n) is 8.94. The Labute approximate surface area is 162 Å². The van der Waals surface area contributed by atoms with E-state index in [1.165, 1.54) is 26.5 Å². The van der Waals surface area contributed by atoms with Gasteiger partial charge in [0.25, 0.3) is 0 Å². The Kier molecular flexibility index (Phi) is 5.73. The van der Waals surface area contributed by atoms with Crippen LogP contribution in [0.2, 0.25) is 0 Å². The van der Waals surface area contributed by atoms with Crippen LogP contribution in [0, 0.1) is 12.9 Å². The van der Waals surface area contributed by atoms with E-state index in [1.54, 1.807) is 17.9 Å². The van der Waals surface area contributed by atoms with Crippen molar-refractivity contribution in [2.75, 3.05) is 27.3 Å². The first-order chi connectivity index (χ1) is 13.4. The number of hydrogen-bond acceptors (Lipinski definition) is 7. The Bertz CT molecular complexity index is 869. The number of hydrogen-bond donors (Lipinski definition) is 1. The molecular formula is C19H23FN4O4. The van der Waals surface area contributed by atoms with Gasteiger partial charge < -0.3 is 19.5 Å². The highest BCUT2D eigenvalue weighted by atomic mass is 19.1. The van der Waals surface area contributed by atoms with Crippen molar-refractivity contribution in [2.24, 2.45) is 0 Å². The van der Waals surface area contributed by atoms with E-state index in [2.05, 4.69) is 15.0 Å². The molecule has 3 rings (SSSR count). The summed E-state index contributed by atoms with van der Waals surface area (Å²) in [6.45, 7) is 2.37. The molecule has 1 aliphatic heterocycles. The van der Waals surface area contributed by atoms with Crippen molar-refractivity contribution in [3.63, 3.8) is 0 Å². The summed E-state index contributed by atoms with van der Waals surface area (Å²) in [5.74, 6) is -0.520. The second-order valence-corrected chi connectivity index (χ2v) is 6.71. The summed E-state index contributed by atoms with van der Waals surface area (Å²) in [6.07, 6.45) is 1.87. The third-order valence-electron chi connectivity index (χ3n) is 5.06. The van der Waals surface area contributed by atoms with Gasteiger partial charge in [0.2, 0.25) is 17.7 Å². The Morgan fingerprint density at radius 1 is 1.29 bits per heavy atom. The van der Waals surface area contributed by atoms with Crippen LogP contribution in [0.1, 0.15) is 29.7 Å². The van der Waals surface area contributed by atoms with E-state index in [1.807, 2.05) is 0 Å². The lowest BCUT2D eigenvalue weighted by Crippen LogP contribution is -2.46. The van der Waals surface area contributed by atoms with Crippen LogP contribution < -0.4 is 9.47 Å². The van der Waals surface area contributed by atoms with Gasteiger partial charge in [-0.15, -0.1) is 0 Å². The maximum Gasteiger partial charge on any atom is 0.319 e. The van der Waals surface area contributed by atoms with Crippen molar-refractivity contribution in [1.82, 2.24) is 19.9 Å². The number of halogens is 1. The number of nitrogens with zero attached hydrogens (tertiary/aromatic N) is 4. The lowest BCUT2D eigenvalue weighted by molar-refractivity contribution is -0.135. The number of methoxy groups -OCH3 is 2. The molecule has 1 amide bonds. The third-order valence-corrected chi connectivity index (χ3v) is 5.06. The molecule has 1 fully saturated rings. The van der Waals surface area contributed by atoms with Gasteiger partial charge in [-0.1, -0.05) is 6.07 Å². The number of amides is 1. The van der Waals surface area contributed by atoms with Crippen molar-refractivity contribution in [2.45, 2.75) is 31.8 Å². The predicted octanol–water partition coefficient (Wildman–Crippen LogP) is 1.39. The maximum absolute atomic E-state index is 14.0. The second-order valence-electron chi connectivity index (χ2n) is 6.71. The number of aliphatic hydroxyl groups is 1. The molecule has 0 unspecified atom stereocenters. The summed E-state index contributed by atoms with van der Waals surface area (Å²) in [7, 11) is 2.93.